The Labute approximate surface area is 93.6 Å². The summed E-state index contributed by atoms with van der Waals surface area (Å²) in [4.78, 5) is 24.4. The highest BCUT2D eigenvalue weighted by Crippen LogP contribution is 2.09. The lowest BCUT2D eigenvalue weighted by atomic mass is 10.2. The molecule has 0 aliphatic carbocycles. The molecular formula is C9H17N3O4. The summed E-state index contributed by atoms with van der Waals surface area (Å²) in [6.07, 6.45) is -0.736. The number of amides is 2. The number of rotatable bonds is 4. The fourth-order valence-corrected chi connectivity index (χ4v) is 1.59. The molecule has 1 fully saturated rings. The summed E-state index contributed by atoms with van der Waals surface area (Å²) in [6.45, 7) is 0.906. The van der Waals surface area contributed by atoms with Gasteiger partial charge < -0.3 is 25.8 Å². The van der Waals surface area contributed by atoms with Gasteiger partial charge in [-0.25, -0.2) is 0 Å². The van der Waals surface area contributed by atoms with Gasteiger partial charge in [-0.05, 0) is 0 Å². The molecule has 7 nitrogen and oxygen atoms in total. The van der Waals surface area contributed by atoms with Crippen LogP contribution in [-0.2, 0) is 19.1 Å². The number of hydrogen-bond acceptors (Lipinski definition) is 5. The molecule has 16 heavy (non-hydrogen) atoms. The Bertz CT molecular complexity index is 267. The molecule has 1 aliphatic heterocycles. The topological polar surface area (TPSA) is 108 Å². The van der Waals surface area contributed by atoms with Gasteiger partial charge in [-0.2, -0.15) is 0 Å². The molecule has 2 unspecified atom stereocenters. The summed E-state index contributed by atoms with van der Waals surface area (Å²) in [7, 11) is 1.40. The third-order valence-corrected chi connectivity index (χ3v) is 2.51. The molecule has 2 amide bonds. The van der Waals surface area contributed by atoms with E-state index in [-0.39, 0.29) is 19.1 Å². The van der Waals surface area contributed by atoms with Gasteiger partial charge in [-0.15, -0.1) is 0 Å². The summed E-state index contributed by atoms with van der Waals surface area (Å²) in [5.41, 5.74) is 10.6. The summed E-state index contributed by atoms with van der Waals surface area (Å²) in [5, 5.41) is 0. The second-order valence-corrected chi connectivity index (χ2v) is 3.48. The van der Waals surface area contributed by atoms with Gasteiger partial charge in [-0.3, -0.25) is 9.59 Å². The van der Waals surface area contributed by atoms with Crippen LogP contribution in [0.1, 0.15) is 0 Å². The second-order valence-electron chi connectivity index (χ2n) is 3.48. The van der Waals surface area contributed by atoms with Crippen LogP contribution in [0.15, 0.2) is 0 Å². The standard InChI is InChI=1S/C9H17N3O4/c1-15-7(4-10)9(14)12-2-3-16-5-6(12)8(11)13/h6-7H,2-5,10H2,1H3,(H2,11,13). The maximum atomic E-state index is 11.9. The molecule has 92 valence electrons. The first kappa shape index (κ1) is 12.9. The molecule has 1 saturated heterocycles. The second kappa shape index (κ2) is 5.78. The highest BCUT2D eigenvalue weighted by molar-refractivity contribution is 5.89. The normalized spacial score (nSPS) is 22.9. The zero-order valence-corrected chi connectivity index (χ0v) is 9.22. The molecule has 0 bridgehead atoms. The van der Waals surface area contributed by atoms with Crippen molar-refractivity contribution in [1.82, 2.24) is 4.90 Å². The number of ether oxygens (including phenoxy) is 2. The number of primary amides is 1. The van der Waals surface area contributed by atoms with Gasteiger partial charge in [0.05, 0.1) is 13.2 Å². The average Bonchev–Trinajstić information content (AvgIpc) is 2.30. The number of hydrogen-bond donors (Lipinski definition) is 2. The van der Waals surface area contributed by atoms with Crippen LogP contribution in [0, 0.1) is 0 Å². The van der Waals surface area contributed by atoms with Crippen molar-refractivity contribution < 1.29 is 19.1 Å². The molecule has 0 spiro atoms. The highest BCUT2D eigenvalue weighted by Gasteiger charge is 2.34. The average molecular weight is 231 g/mol. The van der Waals surface area contributed by atoms with E-state index in [9.17, 15) is 9.59 Å². The Hall–Kier alpha value is -1.18. The fraction of sp³-hybridized carbons (Fsp3) is 0.778. The van der Waals surface area contributed by atoms with E-state index < -0.39 is 18.1 Å². The predicted octanol–water partition coefficient (Wildman–Crippen LogP) is -2.33. The van der Waals surface area contributed by atoms with Crippen molar-refractivity contribution in [2.75, 3.05) is 33.4 Å². The van der Waals surface area contributed by atoms with E-state index in [0.29, 0.717) is 13.2 Å². The SMILES string of the molecule is COC(CN)C(=O)N1CCOCC1C(N)=O. The zero-order valence-electron chi connectivity index (χ0n) is 9.22. The lowest BCUT2D eigenvalue weighted by Gasteiger charge is -2.35. The third-order valence-electron chi connectivity index (χ3n) is 2.51. The van der Waals surface area contributed by atoms with Gasteiger partial charge in [0.25, 0.3) is 5.91 Å². The number of carbonyl (C=O) groups excluding carboxylic acids is 2. The molecule has 2 atom stereocenters. The minimum atomic E-state index is -0.736. The molecular weight excluding hydrogens is 214 g/mol. The Morgan fingerprint density at radius 2 is 2.31 bits per heavy atom. The van der Waals surface area contributed by atoms with Gasteiger partial charge >= 0.3 is 0 Å². The van der Waals surface area contributed by atoms with Crippen molar-refractivity contribution in [1.29, 1.82) is 0 Å². The number of nitrogens with two attached hydrogens (primary N) is 2. The van der Waals surface area contributed by atoms with E-state index in [4.69, 9.17) is 20.9 Å². The number of methoxy groups -OCH3 is 1. The molecule has 0 aromatic rings. The minimum absolute atomic E-state index is 0.0676. The monoisotopic (exact) mass is 231 g/mol. The number of carbonyl (C=O) groups is 2. The van der Waals surface area contributed by atoms with Gasteiger partial charge in [-0.1, -0.05) is 0 Å². The molecule has 0 radical (unpaired) electrons. The van der Waals surface area contributed by atoms with Crippen molar-refractivity contribution in [3.63, 3.8) is 0 Å². The van der Waals surface area contributed by atoms with E-state index in [1.807, 2.05) is 0 Å². The fourth-order valence-electron chi connectivity index (χ4n) is 1.59. The largest absolute Gasteiger partial charge is 0.377 e. The lowest BCUT2D eigenvalue weighted by Crippen LogP contribution is -2.58. The summed E-state index contributed by atoms with van der Waals surface area (Å²) < 4.78 is 10.0. The van der Waals surface area contributed by atoms with E-state index in [1.54, 1.807) is 0 Å². The quantitative estimate of drug-likeness (QED) is 0.564. The first-order valence-corrected chi connectivity index (χ1v) is 5.02. The van der Waals surface area contributed by atoms with E-state index in [0.717, 1.165) is 0 Å². The molecule has 0 aromatic carbocycles. The Morgan fingerprint density at radius 3 is 2.81 bits per heavy atom. The van der Waals surface area contributed by atoms with Gasteiger partial charge in [0, 0.05) is 20.2 Å². The van der Waals surface area contributed by atoms with Gasteiger partial charge in [0.1, 0.15) is 12.1 Å². The summed E-state index contributed by atoms with van der Waals surface area (Å²) >= 11 is 0. The molecule has 1 heterocycles. The number of morpholine rings is 1. The molecule has 7 heteroatoms. The Balaban J connectivity index is 2.74. The van der Waals surface area contributed by atoms with Crippen LogP contribution in [0.4, 0.5) is 0 Å². The van der Waals surface area contributed by atoms with Gasteiger partial charge in [0.2, 0.25) is 5.91 Å². The molecule has 1 rings (SSSR count). The van der Waals surface area contributed by atoms with Crippen molar-refractivity contribution >= 4 is 11.8 Å². The maximum absolute atomic E-state index is 11.9. The van der Waals surface area contributed by atoms with Crippen molar-refractivity contribution in [3.05, 3.63) is 0 Å². The predicted molar refractivity (Wildman–Crippen MR) is 55.4 cm³/mol. The van der Waals surface area contributed by atoms with Crippen molar-refractivity contribution in [2.24, 2.45) is 11.5 Å². The molecule has 0 saturated carbocycles. The Kier molecular flexibility index (Phi) is 4.66. The van der Waals surface area contributed by atoms with Crippen LogP contribution in [0.5, 0.6) is 0 Å². The minimum Gasteiger partial charge on any atom is -0.377 e. The van der Waals surface area contributed by atoms with Crippen molar-refractivity contribution in [3.8, 4) is 0 Å². The van der Waals surface area contributed by atoms with Crippen LogP contribution in [-0.4, -0.2) is 62.3 Å². The van der Waals surface area contributed by atoms with E-state index in [1.165, 1.54) is 12.0 Å². The van der Waals surface area contributed by atoms with Crippen LogP contribution in [0.25, 0.3) is 0 Å². The smallest absolute Gasteiger partial charge is 0.253 e. The highest BCUT2D eigenvalue weighted by atomic mass is 16.5. The van der Waals surface area contributed by atoms with E-state index in [2.05, 4.69) is 0 Å². The van der Waals surface area contributed by atoms with Crippen LogP contribution >= 0.6 is 0 Å². The third kappa shape index (κ3) is 2.69. The summed E-state index contributed by atoms with van der Waals surface area (Å²) in [5.74, 6) is -0.906. The first-order chi connectivity index (χ1) is 7.61. The molecule has 0 aromatic heterocycles. The van der Waals surface area contributed by atoms with Gasteiger partial charge in [0.15, 0.2) is 0 Å². The van der Waals surface area contributed by atoms with Crippen LogP contribution in [0.3, 0.4) is 0 Å². The van der Waals surface area contributed by atoms with Crippen molar-refractivity contribution in [2.45, 2.75) is 12.1 Å². The van der Waals surface area contributed by atoms with Crippen LogP contribution in [0.2, 0.25) is 0 Å². The zero-order chi connectivity index (χ0) is 12.1. The van der Waals surface area contributed by atoms with E-state index >= 15 is 0 Å². The Morgan fingerprint density at radius 1 is 1.62 bits per heavy atom. The first-order valence-electron chi connectivity index (χ1n) is 5.02. The van der Waals surface area contributed by atoms with Crippen LogP contribution < -0.4 is 11.5 Å². The lowest BCUT2D eigenvalue weighted by molar-refractivity contribution is -0.154. The molecule has 1 aliphatic rings. The number of nitrogens with zero attached hydrogens (tertiary/aromatic N) is 1. The summed E-state index contributed by atoms with van der Waals surface area (Å²) in [6, 6.07) is -0.731. The molecule has 4 N–H and O–H groups in total. The maximum Gasteiger partial charge on any atom is 0.253 e.